The van der Waals surface area contributed by atoms with Gasteiger partial charge in [0.15, 0.2) is 6.29 Å². The number of nitrogens with zero attached hydrogens (tertiary/aromatic N) is 3. The standard InChI is InChI=1S/C12H11FN4O2/c13-10-3-1-2-4-11(10)14-12(19)5-6-17-7-9(8-18)15-16-17/h1-4,7-8H,5-6H2,(H,14,19). The van der Waals surface area contributed by atoms with Gasteiger partial charge in [-0.3, -0.25) is 14.3 Å². The molecule has 1 heterocycles. The van der Waals surface area contributed by atoms with Crippen LogP contribution in [0.2, 0.25) is 0 Å². The SMILES string of the molecule is O=Cc1cn(CCC(=O)Nc2ccccc2F)nn1. The van der Waals surface area contributed by atoms with Gasteiger partial charge < -0.3 is 5.32 Å². The van der Waals surface area contributed by atoms with Crippen LogP contribution in [0.3, 0.4) is 0 Å². The summed E-state index contributed by atoms with van der Waals surface area (Å²) < 4.78 is 14.7. The number of benzene rings is 1. The van der Waals surface area contributed by atoms with Gasteiger partial charge in [0.1, 0.15) is 11.5 Å². The normalized spacial score (nSPS) is 10.2. The molecule has 0 aliphatic heterocycles. The van der Waals surface area contributed by atoms with Crippen molar-refractivity contribution in [2.24, 2.45) is 0 Å². The van der Waals surface area contributed by atoms with E-state index in [1.807, 2.05) is 0 Å². The zero-order valence-corrected chi connectivity index (χ0v) is 9.91. The smallest absolute Gasteiger partial charge is 0.226 e. The van der Waals surface area contributed by atoms with Crippen molar-refractivity contribution in [1.29, 1.82) is 0 Å². The van der Waals surface area contributed by atoms with Crippen LogP contribution in [-0.2, 0) is 11.3 Å². The van der Waals surface area contributed by atoms with Crippen molar-refractivity contribution in [3.8, 4) is 0 Å². The first kappa shape index (κ1) is 12.9. The molecule has 1 aromatic heterocycles. The highest BCUT2D eigenvalue weighted by Gasteiger charge is 2.07. The van der Waals surface area contributed by atoms with E-state index in [4.69, 9.17) is 0 Å². The van der Waals surface area contributed by atoms with E-state index in [-0.39, 0.29) is 30.3 Å². The quantitative estimate of drug-likeness (QED) is 0.823. The molecule has 2 rings (SSSR count). The minimum Gasteiger partial charge on any atom is -0.324 e. The molecule has 0 unspecified atom stereocenters. The lowest BCUT2D eigenvalue weighted by atomic mass is 10.3. The Bertz CT molecular complexity index is 597. The molecule has 1 amide bonds. The number of para-hydroxylation sites is 1. The fourth-order valence-electron chi connectivity index (χ4n) is 1.47. The van der Waals surface area contributed by atoms with Gasteiger partial charge in [-0.05, 0) is 12.1 Å². The van der Waals surface area contributed by atoms with E-state index in [0.29, 0.717) is 6.29 Å². The topological polar surface area (TPSA) is 76.9 Å². The molecular weight excluding hydrogens is 251 g/mol. The third-order valence-corrected chi connectivity index (χ3v) is 2.39. The Labute approximate surface area is 108 Å². The Hall–Kier alpha value is -2.57. The zero-order chi connectivity index (χ0) is 13.7. The fourth-order valence-corrected chi connectivity index (χ4v) is 1.47. The van der Waals surface area contributed by atoms with E-state index in [1.54, 1.807) is 12.1 Å². The average Bonchev–Trinajstić information content (AvgIpc) is 2.87. The summed E-state index contributed by atoms with van der Waals surface area (Å²) >= 11 is 0. The maximum Gasteiger partial charge on any atom is 0.226 e. The van der Waals surface area contributed by atoms with Gasteiger partial charge in [-0.1, -0.05) is 17.3 Å². The molecule has 0 atom stereocenters. The van der Waals surface area contributed by atoms with Gasteiger partial charge in [0, 0.05) is 6.42 Å². The lowest BCUT2D eigenvalue weighted by Gasteiger charge is -2.05. The molecule has 0 saturated heterocycles. The van der Waals surface area contributed by atoms with E-state index in [9.17, 15) is 14.0 Å². The van der Waals surface area contributed by atoms with Crippen LogP contribution in [0.5, 0.6) is 0 Å². The summed E-state index contributed by atoms with van der Waals surface area (Å²) in [7, 11) is 0. The molecule has 0 aliphatic rings. The lowest BCUT2D eigenvalue weighted by molar-refractivity contribution is -0.116. The number of carbonyl (C=O) groups excluding carboxylic acids is 2. The number of aryl methyl sites for hydroxylation is 1. The van der Waals surface area contributed by atoms with Gasteiger partial charge in [0.2, 0.25) is 5.91 Å². The highest BCUT2D eigenvalue weighted by Crippen LogP contribution is 2.12. The van der Waals surface area contributed by atoms with E-state index < -0.39 is 5.82 Å². The maximum atomic E-state index is 13.3. The number of halogens is 1. The summed E-state index contributed by atoms with van der Waals surface area (Å²) in [6.07, 6.45) is 2.11. The molecule has 0 fully saturated rings. The molecule has 0 aliphatic carbocycles. The van der Waals surface area contributed by atoms with Gasteiger partial charge in [-0.15, -0.1) is 5.10 Å². The summed E-state index contributed by atoms with van der Waals surface area (Å²) in [4.78, 5) is 22.0. The van der Waals surface area contributed by atoms with Crippen molar-refractivity contribution >= 4 is 17.9 Å². The molecule has 1 N–H and O–H groups in total. The number of aromatic nitrogens is 3. The fraction of sp³-hybridized carbons (Fsp3) is 0.167. The minimum atomic E-state index is -0.486. The summed E-state index contributed by atoms with van der Waals surface area (Å²) in [6.45, 7) is 0.265. The number of amides is 1. The van der Waals surface area contributed by atoms with E-state index >= 15 is 0 Å². The molecule has 19 heavy (non-hydrogen) atoms. The number of rotatable bonds is 5. The van der Waals surface area contributed by atoms with Crippen LogP contribution >= 0.6 is 0 Å². The molecule has 6 nitrogen and oxygen atoms in total. The monoisotopic (exact) mass is 262 g/mol. The second-order valence-corrected chi connectivity index (χ2v) is 3.80. The predicted molar refractivity (Wildman–Crippen MR) is 65.1 cm³/mol. The molecule has 0 spiro atoms. The molecule has 98 valence electrons. The molecule has 0 bridgehead atoms. The van der Waals surface area contributed by atoms with Crippen molar-refractivity contribution in [3.63, 3.8) is 0 Å². The third-order valence-electron chi connectivity index (χ3n) is 2.39. The van der Waals surface area contributed by atoms with Crippen molar-refractivity contribution in [3.05, 3.63) is 42.0 Å². The number of hydrogen-bond donors (Lipinski definition) is 1. The van der Waals surface area contributed by atoms with Crippen molar-refractivity contribution in [2.45, 2.75) is 13.0 Å². The highest BCUT2D eigenvalue weighted by atomic mass is 19.1. The second-order valence-electron chi connectivity index (χ2n) is 3.80. The van der Waals surface area contributed by atoms with E-state index in [2.05, 4.69) is 15.6 Å². The highest BCUT2D eigenvalue weighted by molar-refractivity contribution is 5.90. The summed E-state index contributed by atoms with van der Waals surface area (Å²) in [6, 6.07) is 5.92. The first-order chi connectivity index (χ1) is 9.19. The molecular formula is C12H11FN4O2. The average molecular weight is 262 g/mol. The van der Waals surface area contributed by atoms with Crippen LogP contribution in [0.25, 0.3) is 0 Å². The number of hydrogen-bond acceptors (Lipinski definition) is 4. The first-order valence-electron chi connectivity index (χ1n) is 5.59. The number of nitrogens with one attached hydrogen (secondary N) is 1. The molecule has 0 saturated carbocycles. The summed E-state index contributed by atoms with van der Waals surface area (Å²) in [5, 5.41) is 9.69. The third kappa shape index (κ3) is 3.44. The van der Waals surface area contributed by atoms with Crippen LogP contribution < -0.4 is 5.32 Å². The Balaban J connectivity index is 1.88. The van der Waals surface area contributed by atoms with Crippen LogP contribution in [0.1, 0.15) is 16.9 Å². The van der Waals surface area contributed by atoms with E-state index in [0.717, 1.165) is 0 Å². The van der Waals surface area contributed by atoms with Gasteiger partial charge >= 0.3 is 0 Å². The molecule has 7 heteroatoms. The molecule has 1 aromatic carbocycles. The Morgan fingerprint density at radius 3 is 2.89 bits per heavy atom. The number of carbonyl (C=O) groups is 2. The maximum absolute atomic E-state index is 13.3. The van der Waals surface area contributed by atoms with Crippen molar-refractivity contribution in [2.75, 3.05) is 5.32 Å². The first-order valence-corrected chi connectivity index (χ1v) is 5.59. The molecule has 2 aromatic rings. The van der Waals surface area contributed by atoms with Gasteiger partial charge in [-0.25, -0.2) is 4.39 Å². The second kappa shape index (κ2) is 5.85. The largest absolute Gasteiger partial charge is 0.324 e. The Morgan fingerprint density at radius 1 is 1.42 bits per heavy atom. The van der Waals surface area contributed by atoms with Crippen molar-refractivity contribution < 1.29 is 14.0 Å². The van der Waals surface area contributed by atoms with Gasteiger partial charge in [-0.2, -0.15) is 0 Å². The summed E-state index contributed by atoms with van der Waals surface area (Å²) in [5.74, 6) is -0.826. The van der Waals surface area contributed by atoms with Crippen LogP contribution in [0, 0.1) is 5.82 Å². The van der Waals surface area contributed by atoms with Gasteiger partial charge in [0.05, 0.1) is 18.4 Å². The Kier molecular flexibility index (Phi) is 3.97. The summed E-state index contributed by atoms with van der Waals surface area (Å²) in [5.41, 5.74) is 0.342. The van der Waals surface area contributed by atoms with Crippen LogP contribution in [0.15, 0.2) is 30.5 Å². The van der Waals surface area contributed by atoms with Gasteiger partial charge in [0.25, 0.3) is 0 Å². The molecule has 0 radical (unpaired) electrons. The van der Waals surface area contributed by atoms with Crippen LogP contribution in [-0.4, -0.2) is 27.2 Å². The zero-order valence-electron chi connectivity index (χ0n) is 9.91. The van der Waals surface area contributed by atoms with Crippen molar-refractivity contribution in [1.82, 2.24) is 15.0 Å². The predicted octanol–water partition coefficient (Wildman–Crippen LogP) is 1.26. The Morgan fingerprint density at radius 2 is 2.21 bits per heavy atom. The van der Waals surface area contributed by atoms with Crippen LogP contribution in [0.4, 0.5) is 10.1 Å². The lowest BCUT2D eigenvalue weighted by Crippen LogP contribution is -2.15. The minimum absolute atomic E-state index is 0.107. The number of aldehydes is 1. The van der Waals surface area contributed by atoms with E-state index in [1.165, 1.54) is 23.0 Å². The number of anilines is 1.